The van der Waals surface area contributed by atoms with Crippen LogP contribution in [0.5, 0.6) is 0 Å². The van der Waals surface area contributed by atoms with Crippen LogP contribution in [0.25, 0.3) is 0 Å². The van der Waals surface area contributed by atoms with E-state index in [4.69, 9.17) is 9.47 Å². The summed E-state index contributed by atoms with van der Waals surface area (Å²) < 4.78 is 9.86. The minimum Gasteiger partial charge on any atom is -0.329 e. The highest BCUT2D eigenvalue weighted by molar-refractivity contribution is 7.98. The van der Waals surface area contributed by atoms with Crippen LogP contribution in [-0.2, 0) is 9.47 Å². The Morgan fingerprint density at radius 1 is 1.27 bits per heavy atom. The molecule has 0 atom stereocenters. The maximum absolute atomic E-state index is 4.93. The molecule has 0 aromatic heterocycles. The summed E-state index contributed by atoms with van der Waals surface area (Å²) >= 11 is 1.72. The van der Waals surface area contributed by atoms with Crippen LogP contribution in [0.1, 0.15) is 0 Å². The van der Waals surface area contributed by atoms with Gasteiger partial charge in [0.2, 0.25) is 13.5 Å². The largest absolute Gasteiger partial charge is 0.329 e. The van der Waals surface area contributed by atoms with Crippen LogP contribution >= 0.6 is 11.8 Å². The Kier molecular flexibility index (Phi) is 8.43. The number of nitrogens with one attached hydrogen (secondary N) is 1. The maximum atomic E-state index is 4.93. The zero-order valence-corrected chi connectivity index (χ0v) is 8.11. The zero-order chi connectivity index (χ0) is 8.53. The van der Waals surface area contributed by atoms with Gasteiger partial charge in [-0.05, 0) is 11.3 Å². The van der Waals surface area contributed by atoms with Crippen LogP contribution < -0.4 is 10.4 Å². The highest BCUT2D eigenvalue weighted by Crippen LogP contribution is 1.87. The highest BCUT2D eigenvalue weighted by Gasteiger charge is 2.11. The van der Waals surface area contributed by atoms with Crippen LogP contribution in [0.15, 0.2) is 0 Å². The molecule has 0 aromatic carbocycles. The van der Waals surface area contributed by atoms with E-state index in [1.165, 1.54) is 0 Å². The van der Waals surface area contributed by atoms with Crippen LogP contribution in [0.4, 0.5) is 0 Å². The van der Waals surface area contributed by atoms with Gasteiger partial charge in [0.25, 0.3) is 0 Å². The van der Waals surface area contributed by atoms with Gasteiger partial charge in [0, 0.05) is 14.2 Å². The lowest BCUT2D eigenvalue weighted by Gasteiger charge is -2.08. The normalized spacial score (nSPS) is 10.9. The molecule has 0 aliphatic heterocycles. The Morgan fingerprint density at radius 3 is 2.18 bits per heavy atom. The lowest BCUT2D eigenvalue weighted by Crippen LogP contribution is -2.45. The second kappa shape index (κ2) is 8.29. The van der Waals surface area contributed by atoms with Crippen molar-refractivity contribution in [1.82, 2.24) is 10.4 Å². The van der Waals surface area contributed by atoms with Gasteiger partial charge in [0.1, 0.15) is 0 Å². The van der Waals surface area contributed by atoms with Crippen LogP contribution in [0, 0.1) is 0 Å². The highest BCUT2D eigenvalue weighted by atomic mass is 32.2. The van der Waals surface area contributed by atoms with E-state index in [0.29, 0.717) is 13.5 Å². The molecule has 0 aliphatic rings. The molecule has 1 radical (unpaired) electrons. The van der Waals surface area contributed by atoms with E-state index < -0.39 is 0 Å². The molecule has 1 N–H and O–H groups in total. The number of nitrogens with zero attached hydrogens (tertiary/aromatic N) is 1. The molecule has 11 heavy (non-hydrogen) atoms. The molecule has 0 saturated heterocycles. The van der Waals surface area contributed by atoms with Gasteiger partial charge >= 0.3 is 0 Å². The van der Waals surface area contributed by atoms with Gasteiger partial charge < -0.3 is 9.47 Å². The minimum absolute atomic E-state index is 0.536. The minimum atomic E-state index is 0.536. The van der Waals surface area contributed by atoms with Crippen molar-refractivity contribution in [3.8, 4) is 0 Å². The Morgan fingerprint density at radius 2 is 1.82 bits per heavy atom. The second-order valence-electron chi connectivity index (χ2n) is 1.97. The molecule has 0 spiro atoms. The molecule has 0 amide bonds. The molecular formula is C6H16N2O2S+. The molecule has 0 rings (SSSR count). The molecule has 0 aliphatic carbocycles. The number of hydrogen-bond acceptors (Lipinski definition) is 5. The number of ether oxygens (including phenoxy) is 2. The van der Waals surface area contributed by atoms with Gasteiger partial charge in [-0.25, -0.2) is 0 Å². The van der Waals surface area contributed by atoms with Gasteiger partial charge in [0.15, 0.2) is 0 Å². The first-order chi connectivity index (χ1) is 5.35. The third-order valence-electron chi connectivity index (χ3n) is 1.00. The van der Waals surface area contributed by atoms with Crippen molar-refractivity contribution < 1.29 is 9.47 Å². The summed E-state index contributed by atoms with van der Waals surface area (Å²) in [7, 11) is 3.31. The molecule has 67 valence electrons. The summed E-state index contributed by atoms with van der Waals surface area (Å²) in [6, 6.07) is 0. The van der Waals surface area contributed by atoms with Gasteiger partial charge in [0.05, 0.1) is 5.88 Å². The van der Waals surface area contributed by atoms with E-state index in [1.54, 1.807) is 26.0 Å². The fourth-order valence-electron chi connectivity index (χ4n) is 0.596. The Labute approximate surface area is 72.2 Å². The van der Waals surface area contributed by atoms with Crippen molar-refractivity contribution in [3.63, 3.8) is 0 Å². The maximum Gasteiger partial charge on any atom is 0.250 e. The Bertz CT molecular complexity index is 79.0. The fourth-order valence-corrected chi connectivity index (χ4v) is 0.908. The quantitative estimate of drug-likeness (QED) is 0.344. The summed E-state index contributed by atoms with van der Waals surface area (Å²) in [5, 5.41) is 1.86. The third-order valence-corrected chi connectivity index (χ3v) is 1.42. The smallest absolute Gasteiger partial charge is 0.250 e. The Balaban J connectivity index is 3.34. The molecule has 0 bridgehead atoms. The molecule has 4 nitrogen and oxygen atoms in total. The fraction of sp³-hybridized carbons (Fsp3) is 1.00. The van der Waals surface area contributed by atoms with Crippen molar-refractivity contribution in [3.05, 3.63) is 0 Å². The summed E-state index contributed by atoms with van der Waals surface area (Å²) in [4.78, 5) is 0. The predicted octanol–water partition coefficient (Wildman–Crippen LogP) is 0.159. The van der Waals surface area contributed by atoms with E-state index in [9.17, 15) is 0 Å². The van der Waals surface area contributed by atoms with Gasteiger partial charge in [-0.3, -0.25) is 0 Å². The van der Waals surface area contributed by atoms with E-state index in [0.717, 1.165) is 5.88 Å². The van der Waals surface area contributed by atoms with Crippen molar-refractivity contribution in [2.45, 2.75) is 0 Å². The average Bonchev–Trinajstić information content (AvgIpc) is 2.01. The first-order valence-electron chi connectivity index (χ1n) is 3.30. The van der Waals surface area contributed by atoms with E-state index in [1.807, 2.05) is 11.3 Å². The van der Waals surface area contributed by atoms with E-state index in [-0.39, 0.29) is 0 Å². The zero-order valence-electron chi connectivity index (χ0n) is 7.29. The summed E-state index contributed by atoms with van der Waals surface area (Å²) in [5.41, 5.74) is 3.12. The molecule has 0 saturated carbocycles. The number of rotatable bonds is 7. The molecule has 5 heteroatoms. The number of thioether (sulfide) groups is 1. The van der Waals surface area contributed by atoms with E-state index >= 15 is 0 Å². The summed E-state index contributed by atoms with van der Waals surface area (Å²) in [5.74, 6) is 0.868. The second-order valence-corrected chi connectivity index (χ2v) is 2.83. The van der Waals surface area contributed by atoms with Gasteiger partial charge in [-0.1, -0.05) is 0 Å². The predicted molar refractivity (Wildman–Crippen MR) is 47.4 cm³/mol. The van der Waals surface area contributed by atoms with Crippen LogP contribution in [0.3, 0.4) is 0 Å². The van der Waals surface area contributed by atoms with Crippen molar-refractivity contribution in [2.75, 3.05) is 39.8 Å². The molecule has 0 aromatic rings. The van der Waals surface area contributed by atoms with Gasteiger partial charge in [-0.15, -0.1) is 17.2 Å². The molecular weight excluding hydrogens is 164 g/mol. The van der Waals surface area contributed by atoms with Crippen molar-refractivity contribution in [2.24, 2.45) is 0 Å². The molecule has 0 fully saturated rings. The lowest BCUT2D eigenvalue weighted by atomic mass is 11.0. The summed E-state index contributed by atoms with van der Waals surface area (Å²) in [6.07, 6.45) is 2.03. The SMILES string of the molecule is COC[N+](COC)NCSC. The van der Waals surface area contributed by atoms with Crippen LogP contribution in [0.2, 0.25) is 0 Å². The molecule has 0 unspecified atom stereocenters. The standard InChI is InChI=1S/C6H16N2O2S/c1-9-5-8(6-10-2)7-4-11-3/h7H,4-6H2,1-3H3/q+1. The number of methoxy groups -OCH3 is 2. The van der Waals surface area contributed by atoms with Gasteiger partial charge in [-0.2, -0.15) is 0 Å². The summed E-state index contributed by atoms with van der Waals surface area (Å²) in [6.45, 7) is 1.07. The van der Waals surface area contributed by atoms with Crippen molar-refractivity contribution in [1.29, 1.82) is 0 Å². The monoisotopic (exact) mass is 180 g/mol. The van der Waals surface area contributed by atoms with Crippen molar-refractivity contribution >= 4 is 11.8 Å². The average molecular weight is 180 g/mol. The Hall–Kier alpha value is 0.190. The third kappa shape index (κ3) is 6.58. The first kappa shape index (κ1) is 11.2. The van der Waals surface area contributed by atoms with Crippen LogP contribution in [-0.4, -0.2) is 39.8 Å². The molecule has 0 heterocycles. The number of hydrogen-bond donors (Lipinski definition) is 1. The first-order valence-corrected chi connectivity index (χ1v) is 4.69. The number of hydrazine groups is 1. The van der Waals surface area contributed by atoms with E-state index in [2.05, 4.69) is 5.43 Å². The lowest BCUT2D eigenvalue weighted by molar-refractivity contribution is 0.0233. The topological polar surface area (TPSA) is 36.4 Å².